The molecule has 0 atom stereocenters. The van der Waals surface area contributed by atoms with E-state index in [2.05, 4.69) is 4.99 Å². The van der Waals surface area contributed by atoms with Crippen LogP contribution in [0.3, 0.4) is 0 Å². The van der Waals surface area contributed by atoms with Crippen molar-refractivity contribution in [2.24, 2.45) is 4.99 Å². The van der Waals surface area contributed by atoms with E-state index in [0.717, 1.165) is 5.56 Å². The number of aryl methyl sites for hydroxylation is 1. The average Bonchev–Trinajstić information content (AvgIpc) is 2.39. The quantitative estimate of drug-likeness (QED) is 0.830. The lowest BCUT2D eigenvalue weighted by Crippen LogP contribution is -1.88. The molecular formula is C15H15NO3. The van der Waals surface area contributed by atoms with E-state index in [1.807, 2.05) is 13.0 Å². The summed E-state index contributed by atoms with van der Waals surface area (Å²) in [6, 6.07) is 10.4. The molecule has 0 unspecified atom stereocenters. The van der Waals surface area contributed by atoms with Gasteiger partial charge in [0.05, 0.1) is 7.11 Å². The maximum atomic E-state index is 9.90. The minimum absolute atomic E-state index is 0.0281. The molecule has 0 amide bonds. The molecule has 2 rings (SSSR count). The summed E-state index contributed by atoms with van der Waals surface area (Å²) in [7, 11) is 1.49. The van der Waals surface area contributed by atoms with Crippen LogP contribution < -0.4 is 4.74 Å². The Labute approximate surface area is 111 Å². The summed E-state index contributed by atoms with van der Waals surface area (Å²) < 4.78 is 5.02. The van der Waals surface area contributed by atoms with Crippen LogP contribution in [0.5, 0.6) is 17.2 Å². The first-order valence-corrected chi connectivity index (χ1v) is 5.81. The standard InChI is InChI=1S/C15H15NO3/c1-10-6-7-12(13(17)8-10)16-9-11-4-3-5-14(19-2)15(11)18/h3-9,17-18H,1-2H3. The maximum absolute atomic E-state index is 9.90. The van der Waals surface area contributed by atoms with Gasteiger partial charge in [-0.1, -0.05) is 12.1 Å². The number of methoxy groups -OCH3 is 1. The van der Waals surface area contributed by atoms with Gasteiger partial charge in [-0.2, -0.15) is 0 Å². The summed E-state index contributed by atoms with van der Waals surface area (Å²) in [5.74, 6) is 0.524. The van der Waals surface area contributed by atoms with Crippen molar-refractivity contribution < 1.29 is 14.9 Å². The van der Waals surface area contributed by atoms with E-state index in [0.29, 0.717) is 17.0 Å². The molecular weight excluding hydrogens is 242 g/mol. The number of phenolic OH excluding ortho intramolecular Hbond substituents is 2. The molecule has 2 N–H and O–H groups in total. The van der Waals surface area contributed by atoms with Gasteiger partial charge in [0.25, 0.3) is 0 Å². The molecule has 0 aliphatic heterocycles. The highest BCUT2D eigenvalue weighted by atomic mass is 16.5. The Morgan fingerprint density at radius 1 is 1.16 bits per heavy atom. The first kappa shape index (κ1) is 13.0. The van der Waals surface area contributed by atoms with Crippen LogP contribution in [-0.2, 0) is 0 Å². The maximum Gasteiger partial charge on any atom is 0.166 e. The summed E-state index contributed by atoms with van der Waals surface area (Å²) in [4.78, 5) is 4.16. The molecule has 0 saturated carbocycles. The lowest BCUT2D eigenvalue weighted by atomic mass is 10.2. The molecule has 0 aromatic heterocycles. The number of hydrogen-bond donors (Lipinski definition) is 2. The van der Waals surface area contributed by atoms with Gasteiger partial charge in [0.1, 0.15) is 11.4 Å². The van der Waals surface area contributed by atoms with Crippen LogP contribution in [0.25, 0.3) is 0 Å². The molecule has 98 valence electrons. The number of nitrogens with zero attached hydrogens (tertiary/aromatic N) is 1. The molecule has 0 aliphatic rings. The summed E-state index contributed by atoms with van der Waals surface area (Å²) >= 11 is 0. The van der Waals surface area contributed by atoms with Crippen LogP contribution in [0.2, 0.25) is 0 Å². The van der Waals surface area contributed by atoms with Gasteiger partial charge in [-0.3, -0.25) is 4.99 Å². The summed E-state index contributed by atoms with van der Waals surface area (Å²) in [5.41, 5.74) is 1.94. The second-order valence-electron chi connectivity index (χ2n) is 4.15. The van der Waals surface area contributed by atoms with E-state index < -0.39 is 0 Å². The number of rotatable bonds is 3. The molecule has 4 nitrogen and oxygen atoms in total. The highest BCUT2D eigenvalue weighted by Crippen LogP contribution is 2.30. The van der Waals surface area contributed by atoms with Crippen molar-refractivity contribution in [3.05, 3.63) is 47.5 Å². The second-order valence-corrected chi connectivity index (χ2v) is 4.15. The van der Waals surface area contributed by atoms with Crippen molar-refractivity contribution in [3.63, 3.8) is 0 Å². The number of hydrogen-bond acceptors (Lipinski definition) is 4. The van der Waals surface area contributed by atoms with Crippen molar-refractivity contribution in [3.8, 4) is 17.2 Å². The molecule has 0 saturated heterocycles. The molecule has 2 aromatic rings. The number of benzene rings is 2. The average molecular weight is 257 g/mol. The summed E-state index contributed by atoms with van der Waals surface area (Å²) in [6.45, 7) is 1.89. The minimum Gasteiger partial charge on any atom is -0.506 e. The third-order valence-corrected chi connectivity index (χ3v) is 2.72. The van der Waals surface area contributed by atoms with Crippen LogP contribution >= 0.6 is 0 Å². The zero-order valence-electron chi connectivity index (χ0n) is 10.8. The predicted molar refractivity (Wildman–Crippen MR) is 74.8 cm³/mol. The van der Waals surface area contributed by atoms with Crippen LogP contribution in [0.15, 0.2) is 41.4 Å². The van der Waals surface area contributed by atoms with Gasteiger partial charge in [0.15, 0.2) is 11.5 Å². The van der Waals surface area contributed by atoms with Gasteiger partial charge in [-0.25, -0.2) is 0 Å². The van der Waals surface area contributed by atoms with Crippen molar-refractivity contribution >= 4 is 11.9 Å². The zero-order valence-corrected chi connectivity index (χ0v) is 10.8. The lowest BCUT2D eigenvalue weighted by Gasteiger charge is -2.05. The smallest absolute Gasteiger partial charge is 0.166 e. The van der Waals surface area contributed by atoms with Gasteiger partial charge >= 0.3 is 0 Å². The summed E-state index contributed by atoms with van der Waals surface area (Å²) in [6.07, 6.45) is 1.49. The molecule has 0 aliphatic carbocycles. The number of para-hydroxylation sites is 1. The van der Waals surface area contributed by atoms with Crippen molar-refractivity contribution in [2.75, 3.05) is 7.11 Å². The molecule has 2 aromatic carbocycles. The Kier molecular flexibility index (Phi) is 3.71. The van der Waals surface area contributed by atoms with E-state index in [1.54, 1.807) is 30.3 Å². The van der Waals surface area contributed by atoms with Crippen LogP contribution in [0.4, 0.5) is 5.69 Å². The van der Waals surface area contributed by atoms with E-state index >= 15 is 0 Å². The SMILES string of the molecule is COc1cccc(C=Nc2ccc(C)cc2O)c1O. The molecule has 0 radical (unpaired) electrons. The number of ether oxygens (including phenoxy) is 1. The molecule has 4 heteroatoms. The topological polar surface area (TPSA) is 62.0 Å². The van der Waals surface area contributed by atoms with E-state index in [4.69, 9.17) is 4.74 Å². The highest BCUT2D eigenvalue weighted by molar-refractivity contribution is 5.87. The number of aliphatic imine (C=N–C) groups is 1. The van der Waals surface area contributed by atoms with Crippen molar-refractivity contribution in [1.82, 2.24) is 0 Å². The van der Waals surface area contributed by atoms with Gasteiger partial charge in [-0.15, -0.1) is 0 Å². The van der Waals surface area contributed by atoms with Crippen LogP contribution in [0.1, 0.15) is 11.1 Å². The van der Waals surface area contributed by atoms with Crippen LogP contribution in [-0.4, -0.2) is 23.5 Å². The second kappa shape index (κ2) is 5.44. The molecule has 0 fully saturated rings. The predicted octanol–water partition coefficient (Wildman–Crippen LogP) is 3.17. The Balaban J connectivity index is 2.32. The Morgan fingerprint density at radius 3 is 2.63 bits per heavy atom. The van der Waals surface area contributed by atoms with Crippen molar-refractivity contribution in [2.45, 2.75) is 6.92 Å². The Morgan fingerprint density at radius 2 is 1.95 bits per heavy atom. The van der Waals surface area contributed by atoms with Gasteiger partial charge < -0.3 is 14.9 Å². The third-order valence-electron chi connectivity index (χ3n) is 2.72. The first-order chi connectivity index (χ1) is 9.11. The molecule has 0 heterocycles. The summed E-state index contributed by atoms with van der Waals surface area (Å²) in [5, 5.41) is 19.6. The van der Waals surface area contributed by atoms with Crippen LogP contribution in [0, 0.1) is 6.92 Å². The Hall–Kier alpha value is -2.49. The first-order valence-electron chi connectivity index (χ1n) is 5.81. The molecule has 0 bridgehead atoms. The Bertz CT molecular complexity index is 621. The largest absolute Gasteiger partial charge is 0.506 e. The fraction of sp³-hybridized carbons (Fsp3) is 0.133. The number of phenols is 2. The minimum atomic E-state index is 0.0281. The lowest BCUT2D eigenvalue weighted by molar-refractivity contribution is 0.373. The van der Waals surface area contributed by atoms with Gasteiger partial charge in [0.2, 0.25) is 0 Å². The van der Waals surface area contributed by atoms with Gasteiger partial charge in [-0.05, 0) is 36.8 Å². The zero-order chi connectivity index (χ0) is 13.8. The van der Waals surface area contributed by atoms with Crippen molar-refractivity contribution in [1.29, 1.82) is 0 Å². The monoisotopic (exact) mass is 257 g/mol. The van der Waals surface area contributed by atoms with Gasteiger partial charge in [0, 0.05) is 11.8 Å². The van der Waals surface area contributed by atoms with E-state index in [9.17, 15) is 10.2 Å². The van der Waals surface area contributed by atoms with E-state index in [1.165, 1.54) is 13.3 Å². The normalized spacial score (nSPS) is 10.8. The highest BCUT2D eigenvalue weighted by Gasteiger charge is 2.05. The molecule has 19 heavy (non-hydrogen) atoms. The number of aromatic hydroxyl groups is 2. The molecule has 0 spiro atoms. The fourth-order valence-corrected chi connectivity index (χ4v) is 1.69. The van der Waals surface area contributed by atoms with E-state index in [-0.39, 0.29) is 11.5 Å². The third kappa shape index (κ3) is 2.85. The fourth-order valence-electron chi connectivity index (χ4n) is 1.69.